The highest BCUT2D eigenvalue weighted by Gasteiger charge is 2.80. The Labute approximate surface area is 135 Å². The van der Waals surface area contributed by atoms with E-state index in [0.717, 1.165) is 19.3 Å². The largest absolute Gasteiger partial charge is 0.453 e. The van der Waals surface area contributed by atoms with Gasteiger partial charge in [-0.05, 0) is 32.1 Å². The van der Waals surface area contributed by atoms with Gasteiger partial charge >= 0.3 is 5.97 Å². The molecule has 2 heterocycles. The van der Waals surface area contributed by atoms with Crippen molar-refractivity contribution < 1.29 is 19.4 Å². The molecule has 6 heteroatoms. The molecule has 0 radical (unpaired) electrons. The number of alkyl halides is 1. The molecule has 122 valence electrons. The third kappa shape index (κ3) is 1.81. The van der Waals surface area contributed by atoms with E-state index in [0.29, 0.717) is 18.7 Å². The Morgan fingerprint density at radius 2 is 2.32 bits per heavy atom. The van der Waals surface area contributed by atoms with Crippen LogP contribution in [0, 0.1) is 11.8 Å². The van der Waals surface area contributed by atoms with Crippen LogP contribution in [0.1, 0.15) is 39.0 Å². The third-order valence-electron chi connectivity index (χ3n) is 5.53. The lowest BCUT2D eigenvalue weighted by molar-refractivity contribution is -0.244. The van der Waals surface area contributed by atoms with Crippen molar-refractivity contribution in [2.45, 2.75) is 56.3 Å². The fraction of sp³-hybridized carbons (Fsp3) is 0.750. The summed E-state index contributed by atoms with van der Waals surface area (Å²) in [6.45, 7) is 1.88. The van der Waals surface area contributed by atoms with Gasteiger partial charge in [-0.15, -0.1) is 11.6 Å². The molecule has 2 aliphatic heterocycles. The van der Waals surface area contributed by atoms with Gasteiger partial charge in [-0.25, -0.2) is 4.79 Å². The molecule has 0 bridgehead atoms. The summed E-state index contributed by atoms with van der Waals surface area (Å²) in [6.07, 6.45) is 6.70. The fourth-order valence-electron chi connectivity index (χ4n) is 4.39. The molecule has 0 spiro atoms. The zero-order valence-corrected chi connectivity index (χ0v) is 13.4. The van der Waals surface area contributed by atoms with E-state index in [1.54, 1.807) is 0 Å². The van der Waals surface area contributed by atoms with Gasteiger partial charge in [0.15, 0.2) is 5.60 Å². The summed E-state index contributed by atoms with van der Waals surface area (Å²) in [5, 5.41) is 13.7. The molecule has 1 unspecified atom stereocenters. The van der Waals surface area contributed by atoms with Crippen molar-refractivity contribution in [1.82, 2.24) is 5.32 Å². The molecule has 2 N–H and O–H groups in total. The van der Waals surface area contributed by atoms with Gasteiger partial charge in [0.2, 0.25) is 11.4 Å². The first-order valence-corrected chi connectivity index (χ1v) is 8.53. The number of aliphatic hydroxyl groups excluding tert-OH is 1. The smallest absolute Gasteiger partial charge is 0.339 e. The van der Waals surface area contributed by atoms with Crippen LogP contribution < -0.4 is 5.32 Å². The molecule has 1 amide bonds. The summed E-state index contributed by atoms with van der Waals surface area (Å²) in [6, 6.07) is 0. The lowest BCUT2D eigenvalue weighted by Crippen LogP contribution is -2.80. The number of allylic oxidation sites excluding steroid dienone is 1. The van der Waals surface area contributed by atoms with Crippen LogP contribution >= 0.6 is 11.6 Å². The van der Waals surface area contributed by atoms with Crippen molar-refractivity contribution in [3.63, 3.8) is 0 Å². The number of carbonyl (C=O) groups excluding carboxylic acids is 2. The molecule has 22 heavy (non-hydrogen) atoms. The van der Waals surface area contributed by atoms with Gasteiger partial charge in [0.1, 0.15) is 0 Å². The van der Waals surface area contributed by atoms with Crippen LogP contribution in [0.15, 0.2) is 12.2 Å². The first-order chi connectivity index (χ1) is 10.5. The molecule has 0 aromatic heterocycles. The van der Waals surface area contributed by atoms with Crippen LogP contribution in [-0.4, -0.2) is 40.1 Å². The summed E-state index contributed by atoms with van der Waals surface area (Å²) >= 11 is 5.82. The lowest BCUT2D eigenvalue weighted by Gasteiger charge is -2.56. The molecule has 0 aromatic carbocycles. The number of hydrogen-bond acceptors (Lipinski definition) is 4. The predicted molar refractivity (Wildman–Crippen MR) is 81.3 cm³/mol. The minimum Gasteiger partial charge on any atom is -0.453 e. The molecule has 2 saturated heterocycles. The highest BCUT2D eigenvalue weighted by atomic mass is 35.5. The van der Waals surface area contributed by atoms with Gasteiger partial charge < -0.3 is 15.2 Å². The van der Waals surface area contributed by atoms with Crippen LogP contribution in [0.5, 0.6) is 0 Å². The highest BCUT2D eigenvalue weighted by molar-refractivity contribution is 6.18. The van der Waals surface area contributed by atoms with Gasteiger partial charge in [-0.1, -0.05) is 19.1 Å². The number of nitrogens with one attached hydrogen (secondary N) is 1. The number of rotatable bonds is 5. The molecule has 0 saturated carbocycles. The van der Waals surface area contributed by atoms with E-state index in [2.05, 4.69) is 5.32 Å². The van der Waals surface area contributed by atoms with Gasteiger partial charge in [0.25, 0.3) is 0 Å². The maximum atomic E-state index is 12.4. The number of ether oxygens (including phenoxy) is 1. The molecule has 5 nitrogen and oxygen atoms in total. The van der Waals surface area contributed by atoms with Crippen LogP contribution in [0.4, 0.5) is 0 Å². The van der Waals surface area contributed by atoms with Crippen LogP contribution in [-0.2, 0) is 14.3 Å². The molecule has 3 aliphatic rings. The van der Waals surface area contributed by atoms with Gasteiger partial charge in [-0.3, -0.25) is 4.79 Å². The Balaban J connectivity index is 1.98. The number of hydrogen-bond donors (Lipinski definition) is 2. The zero-order valence-electron chi connectivity index (χ0n) is 12.7. The second-order valence-corrected chi connectivity index (χ2v) is 6.81. The molecule has 0 aromatic rings. The number of aliphatic hydroxyl groups is 1. The van der Waals surface area contributed by atoms with Crippen molar-refractivity contribution in [3.8, 4) is 0 Å². The van der Waals surface area contributed by atoms with Gasteiger partial charge in [-0.2, -0.15) is 0 Å². The van der Waals surface area contributed by atoms with Crippen molar-refractivity contribution >= 4 is 23.5 Å². The Morgan fingerprint density at radius 1 is 1.55 bits per heavy atom. The first-order valence-electron chi connectivity index (χ1n) is 7.99. The van der Waals surface area contributed by atoms with E-state index in [4.69, 9.17) is 16.3 Å². The summed E-state index contributed by atoms with van der Waals surface area (Å²) in [5.74, 6) is -1.08. The monoisotopic (exact) mass is 327 g/mol. The van der Waals surface area contributed by atoms with Crippen molar-refractivity contribution in [1.29, 1.82) is 0 Å². The average molecular weight is 328 g/mol. The second-order valence-electron chi connectivity index (χ2n) is 6.43. The molecular weight excluding hydrogens is 306 g/mol. The topological polar surface area (TPSA) is 75.6 Å². The first kappa shape index (κ1) is 15.8. The minimum absolute atomic E-state index is 0.137. The highest BCUT2D eigenvalue weighted by Crippen LogP contribution is 2.55. The van der Waals surface area contributed by atoms with Crippen LogP contribution in [0.3, 0.4) is 0 Å². The van der Waals surface area contributed by atoms with E-state index in [1.807, 2.05) is 19.1 Å². The van der Waals surface area contributed by atoms with Gasteiger partial charge in [0, 0.05) is 11.8 Å². The Morgan fingerprint density at radius 3 is 2.86 bits per heavy atom. The number of amides is 1. The number of halogens is 1. The third-order valence-corrected chi connectivity index (χ3v) is 5.75. The quantitative estimate of drug-likeness (QED) is 0.456. The van der Waals surface area contributed by atoms with Crippen molar-refractivity contribution in [2.24, 2.45) is 11.8 Å². The molecule has 5 atom stereocenters. The van der Waals surface area contributed by atoms with E-state index in [-0.39, 0.29) is 11.8 Å². The Bertz CT molecular complexity index is 522. The van der Waals surface area contributed by atoms with Crippen molar-refractivity contribution in [2.75, 3.05) is 5.88 Å². The maximum Gasteiger partial charge on any atom is 0.339 e. The fourth-order valence-corrected chi connectivity index (χ4v) is 4.61. The predicted octanol–water partition coefficient (Wildman–Crippen LogP) is 1.52. The van der Waals surface area contributed by atoms with Crippen LogP contribution in [0.2, 0.25) is 0 Å². The summed E-state index contributed by atoms with van der Waals surface area (Å²) in [4.78, 5) is 24.7. The molecule has 2 fully saturated rings. The normalized spacial score (nSPS) is 41.4. The van der Waals surface area contributed by atoms with E-state index in [1.165, 1.54) is 0 Å². The lowest BCUT2D eigenvalue weighted by atomic mass is 9.62. The summed E-state index contributed by atoms with van der Waals surface area (Å²) < 4.78 is 5.49. The SMILES string of the molecule is CC[C@@]12OC(=O)C1([C@@H](O)[C@@H]1C=CCCC1)NC(=O)[C@@H]2CCCl. The van der Waals surface area contributed by atoms with Crippen LogP contribution in [0.25, 0.3) is 0 Å². The number of carbonyl (C=O) groups is 2. The van der Waals surface area contributed by atoms with Crippen molar-refractivity contribution in [3.05, 3.63) is 12.2 Å². The minimum atomic E-state index is -1.32. The maximum absolute atomic E-state index is 12.4. The van der Waals surface area contributed by atoms with E-state index in [9.17, 15) is 14.7 Å². The number of fused-ring (bicyclic) bond motifs is 1. The zero-order chi connectivity index (χ0) is 16.0. The molecule has 3 rings (SSSR count). The summed E-state index contributed by atoms with van der Waals surface area (Å²) in [5.41, 5.74) is -2.29. The summed E-state index contributed by atoms with van der Waals surface area (Å²) in [7, 11) is 0. The standard InChI is InChI=1S/C16H22ClNO4/c1-2-15-11(8-9-17)13(20)18-16(15,14(21)22-15)12(19)10-6-4-3-5-7-10/h4,6,10-12,19H,2-3,5,7-9H2,1H3,(H,18,20)/t10-,11+,12+,15+,16?/m1/s1. The molecule has 1 aliphatic carbocycles. The Kier molecular flexibility index (Phi) is 3.98. The number of esters is 1. The van der Waals surface area contributed by atoms with E-state index >= 15 is 0 Å². The van der Waals surface area contributed by atoms with Gasteiger partial charge in [0.05, 0.1) is 12.0 Å². The van der Waals surface area contributed by atoms with E-state index < -0.39 is 29.1 Å². The molecular formula is C16H22ClNO4. The second kappa shape index (κ2) is 5.53. The Hall–Kier alpha value is -1.07. The average Bonchev–Trinajstić information content (AvgIpc) is 2.73.